The smallest absolute Gasteiger partial charge is 0.327 e. The van der Waals surface area contributed by atoms with Crippen LogP contribution in [0, 0.1) is 0 Å². The number of aromatic nitrogens is 2. The van der Waals surface area contributed by atoms with Crippen molar-refractivity contribution in [2.24, 2.45) is 0 Å². The minimum Gasteiger partial charge on any atom is -0.480 e. The third-order valence-electron chi connectivity index (χ3n) is 3.09. The standard InChI is InChI=1S/C11H16N4O3/c1-8(15-5-2-3-13-15)10(16)14-6-4-12-7-9(14)11(17)18/h2-3,5,8-9,12H,4,6-7H2,1H3,(H,17,18). The molecule has 2 rings (SSSR count). The molecule has 1 amide bonds. The van der Waals surface area contributed by atoms with Crippen LogP contribution in [-0.2, 0) is 9.59 Å². The second-order valence-corrected chi connectivity index (χ2v) is 4.25. The molecule has 0 radical (unpaired) electrons. The lowest BCUT2D eigenvalue weighted by atomic mass is 10.1. The van der Waals surface area contributed by atoms with Crippen molar-refractivity contribution in [1.29, 1.82) is 0 Å². The van der Waals surface area contributed by atoms with Crippen molar-refractivity contribution in [1.82, 2.24) is 20.0 Å². The molecule has 7 nitrogen and oxygen atoms in total. The molecule has 1 saturated heterocycles. The lowest BCUT2D eigenvalue weighted by molar-refractivity contribution is -0.152. The minimum absolute atomic E-state index is 0.215. The number of rotatable bonds is 3. The molecule has 0 saturated carbocycles. The van der Waals surface area contributed by atoms with Crippen LogP contribution in [0.25, 0.3) is 0 Å². The quantitative estimate of drug-likeness (QED) is 0.745. The van der Waals surface area contributed by atoms with Crippen LogP contribution in [0.5, 0.6) is 0 Å². The minimum atomic E-state index is -0.983. The highest BCUT2D eigenvalue weighted by Gasteiger charge is 2.34. The Morgan fingerprint density at radius 2 is 2.33 bits per heavy atom. The molecule has 1 aliphatic heterocycles. The van der Waals surface area contributed by atoms with Gasteiger partial charge in [-0.25, -0.2) is 4.79 Å². The number of carboxylic acids is 1. The van der Waals surface area contributed by atoms with Gasteiger partial charge in [-0.05, 0) is 13.0 Å². The maximum absolute atomic E-state index is 12.3. The third-order valence-corrected chi connectivity index (χ3v) is 3.09. The van der Waals surface area contributed by atoms with Crippen molar-refractivity contribution in [2.45, 2.75) is 19.0 Å². The van der Waals surface area contributed by atoms with Gasteiger partial charge in [0.1, 0.15) is 12.1 Å². The molecule has 18 heavy (non-hydrogen) atoms. The highest BCUT2D eigenvalue weighted by molar-refractivity contribution is 5.86. The molecule has 1 aromatic heterocycles. The monoisotopic (exact) mass is 252 g/mol. The Morgan fingerprint density at radius 1 is 1.56 bits per heavy atom. The summed E-state index contributed by atoms with van der Waals surface area (Å²) in [5.74, 6) is -1.20. The molecule has 2 heterocycles. The fraction of sp³-hybridized carbons (Fsp3) is 0.545. The Balaban J connectivity index is 2.13. The molecule has 0 bridgehead atoms. The maximum Gasteiger partial charge on any atom is 0.327 e. The number of aliphatic carboxylic acids is 1. The van der Waals surface area contributed by atoms with Crippen LogP contribution < -0.4 is 5.32 Å². The molecular weight excluding hydrogens is 236 g/mol. The van der Waals surface area contributed by atoms with Crippen LogP contribution >= 0.6 is 0 Å². The van der Waals surface area contributed by atoms with Crippen LogP contribution in [-0.4, -0.2) is 57.3 Å². The third kappa shape index (κ3) is 2.35. The first-order valence-corrected chi connectivity index (χ1v) is 5.84. The summed E-state index contributed by atoms with van der Waals surface area (Å²) in [5.41, 5.74) is 0. The number of carbonyl (C=O) groups is 2. The van der Waals surface area contributed by atoms with Gasteiger partial charge >= 0.3 is 5.97 Å². The van der Waals surface area contributed by atoms with Crippen molar-refractivity contribution in [2.75, 3.05) is 19.6 Å². The summed E-state index contributed by atoms with van der Waals surface area (Å²) in [4.78, 5) is 24.8. The number of nitrogens with zero attached hydrogens (tertiary/aromatic N) is 3. The van der Waals surface area contributed by atoms with Crippen LogP contribution in [0.15, 0.2) is 18.5 Å². The van der Waals surface area contributed by atoms with Crippen molar-refractivity contribution in [3.8, 4) is 0 Å². The molecule has 2 unspecified atom stereocenters. The van der Waals surface area contributed by atoms with E-state index >= 15 is 0 Å². The average molecular weight is 252 g/mol. The normalized spacial score (nSPS) is 21.6. The summed E-state index contributed by atoms with van der Waals surface area (Å²) in [6.45, 7) is 3.02. The van der Waals surface area contributed by atoms with Gasteiger partial charge in [0.05, 0.1) is 0 Å². The summed E-state index contributed by atoms with van der Waals surface area (Å²) in [5, 5.41) is 16.1. The lowest BCUT2D eigenvalue weighted by Gasteiger charge is -2.35. The van der Waals surface area contributed by atoms with E-state index in [4.69, 9.17) is 5.11 Å². The second kappa shape index (κ2) is 5.18. The highest BCUT2D eigenvalue weighted by atomic mass is 16.4. The number of carbonyl (C=O) groups excluding carboxylic acids is 1. The van der Waals surface area contributed by atoms with Crippen LogP contribution in [0.1, 0.15) is 13.0 Å². The summed E-state index contributed by atoms with van der Waals surface area (Å²) in [6, 6.07) is 0.445. The van der Waals surface area contributed by atoms with Gasteiger partial charge in [0.25, 0.3) is 0 Å². The zero-order valence-corrected chi connectivity index (χ0v) is 10.1. The number of amides is 1. The molecule has 1 aromatic rings. The zero-order valence-electron chi connectivity index (χ0n) is 10.1. The van der Waals surface area contributed by atoms with E-state index in [1.165, 1.54) is 9.58 Å². The molecule has 0 aliphatic carbocycles. The van der Waals surface area contributed by atoms with Gasteiger partial charge in [0.15, 0.2) is 0 Å². The predicted molar refractivity (Wildman–Crippen MR) is 62.9 cm³/mol. The van der Waals surface area contributed by atoms with Crippen LogP contribution in [0.3, 0.4) is 0 Å². The molecule has 98 valence electrons. The largest absolute Gasteiger partial charge is 0.480 e. The lowest BCUT2D eigenvalue weighted by Crippen LogP contribution is -2.58. The number of carboxylic acid groups (broad SMARTS) is 1. The van der Waals surface area contributed by atoms with Gasteiger partial charge < -0.3 is 15.3 Å². The summed E-state index contributed by atoms with van der Waals surface area (Å²) < 4.78 is 1.53. The van der Waals surface area contributed by atoms with Crippen molar-refractivity contribution < 1.29 is 14.7 Å². The maximum atomic E-state index is 12.3. The van der Waals surface area contributed by atoms with E-state index in [9.17, 15) is 9.59 Å². The number of hydrogen-bond acceptors (Lipinski definition) is 4. The van der Waals surface area contributed by atoms with Gasteiger partial charge in [-0.15, -0.1) is 0 Å². The van der Waals surface area contributed by atoms with Crippen LogP contribution in [0.2, 0.25) is 0 Å². The summed E-state index contributed by atoms with van der Waals surface area (Å²) >= 11 is 0. The summed E-state index contributed by atoms with van der Waals surface area (Å²) in [6.07, 6.45) is 3.29. The Hall–Kier alpha value is -1.89. The molecular formula is C11H16N4O3. The van der Waals surface area contributed by atoms with Gasteiger partial charge in [0.2, 0.25) is 5.91 Å². The molecule has 1 aliphatic rings. The Labute approximate surface area is 104 Å². The Morgan fingerprint density at radius 3 is 2.94 bits per heavy atom. The van der Waals surface area contributed by atoms with Gasteiger partial charge in [-0.2, -0.15) is 5.10 Å². The van der Waals surface area contributed by atoms with E-state index in [2.05, 4.69) is 10.4 Å². The van der Waals surface area contributed by atoms with Crippen molar-refractivity contribution in [3.05, 3.63) is 18.5 Å². The topological polar surface area (TPSA) is 87.5 Å². The number of hydrogen-bond donors (Lipinski definition) is 2. The molecule has 0 spiro atoms. The zero-order chi connectivity index (χ0) is 13.1. The van der Waals surface area contributed by atoms with E-state index in [-0.39, 0.29) is 12.5 Å². The fourth-order valence-electron chi connectivity index (χ4n) is 2.05. The first-order chi connectivity index (χ1) is 8.61. The van der Waals surface area contributed by atoms with Crippen LogP contribution in [0.4, 0.5) is 0 Å². The highest BCUT2D eigenvalue weighted by Crippen LogP contribution is 2.13. The molecule has 1 fully saturated rings. The Bertz CT molecular complexity index is 432. The average Bonchev–Trinajstić information content (AvgIpc) is 2.90. The SMILES string of the molecule is CC(C(=O)N1CCNCC1C(=O)O)n1cccn1. The van der Waals surface area contributed by atoms with Crippen molar-refractivity contribution in [3.63, 3.8) is 0 Å². The predicted octanol–water partition coefficient (Wildman–Crippen LogP) is -0.671. The van der Waals surface area contributed by atoms with Gasteiger partial charge in [0, 0.05) is 32.0 Å². The van der Waals surface area contributed by atoms with Crippen molar-refractivity contribution >= 4 is 11.9 Å². The summed E-state index contributed by atoms with van der Waals surface area (Å²) in [7, 11) is 0. The second-order valence-electron chi connectivity index (χ2n) is 4.25. The van der Waals surface area contributed by atoms with Gasteiger partial charge in [-0.1, -0.05) is 0 Å². The van der Waals surface area contributed by atoms with E-state index < -0.39 is 18.1 Å². The molecule has 2 atom stereocenters. The first-order valence-electron chi connectivity index (χ1n) is 5.84. The van der Waals surface area contributed by atoms with Gasteiger partial charge in [-0.3, -0.25) is 9.48 Å². The Kier molecular flexibility index (Phi) is 3.61. The van der Waals surface area contributed by atoms with E-state index in [0.29, 0.717) is 13.1 Å². The molecule has 7 heteroatoms. The number of nitrogens with one attached hydrogen (secondary N) is 1. The van der Waals surface area contributed by atoms with E-state index in [0.717, 1.165) is 0 Å². The number of piperazine rings is 1. The molecule has 2 N–H and O–H groups in total. The first kappa shape index (κ1) is 12.6. The fourth-order valence-corrected chi connectivity index (χ4v) is 2.05. The van der Waals surface area contributed by atoms with E-state index in [1.54, 1.807) is 25.4 Å². The molecule has 0 aromatic carbocycles. The van der Waals surface area contributed by atoms with E-state index in [1.807, 2.05) is 0 Å².